The van der Waals surface area contributed by atoms with Gasteiger partial charge in [-0.3, -0.25) is 9.69 Å². The lowest BCUT2D eigenvalue weighted by Gasteiger charge is -2.21. The number of hydrogen-bond acceptors (Lipinski definition) is 4. The zero-order valence-electron chi connectivity index (χ0n) is 16.3. The molecule has 0 bridgehead atoms. The molecule has 28 heavy (non-hydrogen) atoms. The maximum Gasteiger partial charge on any atom is 0.260 e. The Bertz CT molecular complexity index is 986. The van der Waals surface area contributed by atoms with Crippen molar-refractivity contribution in [3.63, 3.8) is 0 Å². The Morgan fingerprint density at radius 3 is 2.43 bits per heavy atom. The number of anilines is 2. The molecule has 0 spiro atoms. The van der Waals surface area contributed by atoms with Crippen LogP contribution in [0.3, 0.4) is 0 Å². The first-order chi connectivity index (χ1) is 13.3. The Kier molecular flexibility index (Phi) is 5.90. The van der Waals surface area contributed by atoms with Gasteiger partial charge in [-0.15, -0.1) is 0 Å². The Labute approximate surface area is 166 Å². The number of fused-ring (bicyclic) bond motifs is 1. The van der Waals surface area contributed by atoms with Crippen LogP contribution < -0.4 is 14.7 Å². The van der Waals surface area contributed by atoms with Crippen LogP contribution in [0.4, 0.5) is 19.6 Å². The van der Waals surface area contributed by atoms with E-state index >= 15 is 0 Å². The fourth-order valence-corrected chi connectivity index (χ4v) is 3.77. The van der Waals surface area contributed by atoms with Gasteiger partial charge in [0.1, 0.15) is 11.3 Å². The average Bonchev–Trinajstić information content (AvgIpc) is 3.05. The number of amides is 1. The van der Waals surface area contributed by atoms with Crippen molar-refractivity contribution in [3.05, 3.63) is 53.6 Å². The number of carbonyl (C=O) groups excluding carboxylic acids is 1. The second kappa shape index (κ2) is 8.20. The first-order valence-corrected chi connectivity index (χ1v) is 9.72. The van der Waals surface area contributed by atoms with Gasteiger partial charge in [-0.1, -0.05) is 11.3 Å². The van der Waals surface area contributed by atoms with Gasteiger partial charge in [-0.25, -0.2) is 13.8 Å². The van der Waals surface area contributed by atoms with Gasteiger partial charge in [-0.2, -0.15) is 0 Å². The molecule has 8 heteroatoms. The van der Waals surface area contributed by atoms with E-state index in [0.717, 1.165) is 23.1 Å². The maximum absolute atomic E-state index is 14.1. The number of benzene rings is 2. The smallest absolute Gasteiger partial charge is 0.260 e. The normalized spacial score (nSPS) is 11.2. The molecule has 5 nitrogen and oxygen atoms in total. The highest BCUT2D eigenvalue weighted by Gasteiger charge is 2.23. The quantitative estimate of drug-likeness (QED) is 0.685. The lowest BCUT2D eigenvalue weighted by Crippen LogP contribution is -3.06. The van der Waals surface area contributed by atoms with Crippen LogP contribution in [0, 0.1) is 11.6 Å². The van der Waals surface area contributed by atoms with Crippen molar-refractivity contribution in [1.29, 1.82) is 0 Å². The molecular formula is C20H23F2N4OS+. The highest BCUT2D eigenvalue weighted by molar-refractivity contribution is 7.22. The lowest BCUT2D eigenvalue weighted by atomic mass is 10.1. The predicted octanol–water partition coefficient (Wildman–Crippen LogP) is 2.43. The van der Waals surface area contributed by atoms with Crippen LogP contribution in [-0.2, 0) is 0 Å². The molecule has 1 N–H and O–H groups in total. The van der Waals surface area contributed by atoms with E-state index in [9.17, 15) is 13.6 Å². The van der Waals surface area contributed by atoms with Crippen molar-refractivity contribution in [2.45, 2.75) is 0 Å². The Balaban J connectivity index is 1.98. The molecule has 1 amide bonds. The van der Waals surface area contributed by atoms with Crippen LogP contribution in [0.5, 0.6) is 0 Å². The van der Waals surface area contributed by atoms with Crippen molar-refractivity contribution >= 4 is 38.3 Å². The molecule has 3 rings (SSSR count). The maximum atomic E-state index is 14.1. The van der Waals surface area contributed by atoms with Gasteiger partial charge in [0.25, 0.3) is 5.91 Å². The third kappa shape index (κ3) is 4.28. The molecule has 3 aromatic rings. The first-order valence-electron chi connectivity index (χ1n) is 8.90. The van der Waals surface area contributed by atoms with Gasteiger partial charge in [0, 0.05) is 31.4 Å². The van der Waals surface area contributed by atoms with Crippen LogP contribution in [-0.4, -0.2) is 52.2 Å². The Morgan fingerprint density at radius 2 is 1.82 bits per heavy atom. The third-order valence-electron chi connectivity index (χ3n) is 4.34. The summed E-state index contributed by atoms with van der Waals surface area (Å²) in [4.78, 5) is 22.1. The van der Waals surface area contributed by atoms with Gasteiger partial charge >= 0.3 is 0 Å². The Hall–Kier alpha value is -2.58. The molecule has 0 saturated carbocycles. The molecule has 1 heterocycles. The van der Waals surface area contributed by atoms with Crippen molar-refractivity contribution in [1.82, 2.24) is 4.98 Å². The van der Waals surface area contributed by atoms with Gasteiger partial charge in [0.05, 0.1) is 31.9 Å². The predicted molar refractivity (Wildman–Crippen MR) is 110 cm³/mol. The van der Waals surface area contributed by atoms with E-state index in [0.29, 0.717) is 28.5 Å². The molecule has 0 unspecified atom stereocenters. The summed E-state index contributed by atoms with van der Waals surface area (Å²) in [5.74, 6) is -1.60. The highest BCUT2D eigenvalue weighted by atomic mass is 32.1. The first kappa shape index (κ1) is 20.2. The molecule has 148 valence electrons. The van der Waals surface area contributed by atoms with Crippen molar-refractivity contribution in [3.8, 4) is 0 Å². The minimum absolute atomic E-state index is 0.0827. The second-order valence-corrected chi connectivity index (χ2v) is 8.10. The molecule has 1 aromatic heterocycles. The fraction of sp³-hybridized carbons (Fsp3) is 0.300. The van der Waals surface area contributed by atoms with E-state index in [4.69, 9.17) is 0 Å². The number of halogens is 2. The van der Waals surface area contributed by atoms with E-state index in [1.807, 2.05) is 45.2 Å². The molecule has 2 aromatic carbocycles. The topological polar surface area (TPSA) is 40.9 Å². The van der Waals surface area contributed by atoms with Gasteiger partial charge in [0.15, 0.2) is 10.9 Å². The summed E-state index contributed by atoms with van der Waals surface area (Å²) in [7, 11) is 7.83. The summed E-state index contributed by atoms with van der Waals surface area (Å²) >= 11 is 1.11. The van der Waals surface area contributed by atoms with Gasteiger partial charge in [-0.05, 0) is 30.3 Å². The highest BCUT2D eigenvalue weighted by Crippen LogP contribution is 2.32. The number of likely N-dealkylation sites (N-methyl/N-ethyl adjacent to an activating group) is 1. The zero-order chi connectivity index (χ0) is 20.4. The van der Waals surface area contributed by atoms with Crippen molar-refractivity contribution in [2.75, 3.05) is 51.1 Å². The second-order valence-electron chi connectivity index (χ2n) is 7.09. The lowest BCUT2D eigenvalue weighted by molar-refractivity contribution is -0.856. The molecule has 0 aliphatic heterocycles. The third-order valence-corrected chi connectivity index (χ3v) is 5.37. The monoisotopic (exact) mass is 405 g/mol. The van der Waals surface area contributed by atoms with Crippen molar-refractivity contribution < 1.29 is 18.5 Å². The summed E-state index contributed by atoms with van der Waals surface area (Å²) in [5.41, 5.74) is 1.59. The molecule has 0 aliphatic carbocycles. The van der Waals surface area contributed by atoms with E-state index in [1.54, 1.807) is 17.0 Å². The summed E-state index contributed by atoms with van der Waals surface area (Å²) < 4.78 is 28.0. The van der Waals surface area contributed by atoms with E-state index < -0.39 is 11.6 Å². The summed E-state index contributed by atoms with van der Waals surface area (Å²) in [6, 6.07) is 9.32. The average molecular weight is 405 g/mol. The number of rotatable bonds is 6. The number of thiazole rings is 1. The Morgan fingerprint density at radius 1 is 1.14 bits per heavy atom. The number of carbonyl (C=O) groups is 1. The van der Waals surface area contributed by atoms with Gasteiger partial charge < -0.3 is 9.80 Å². The standard InChI is InChI=1S/C20H22F2N4OS/c1-24(2)9-10-26(19(27)13-5-7-15(8-6-13)25(3)4)20-23-18-16(22)11-14(21)12-17(18)28-20/h5-8,11-12H,9-10H2,1-4H3/p+1. The molecule has 0 aliphatic rings. The molecule has 0 saturated heterocycles. The van der Waals surface area contributed by atoms with E-state index in [-0.39, 0.29) is 11.4 Å². The number of aromatic nitrogens is 1. The van der Waals surface area contributed by atoms with Crippen molar-refractivity contribution in [2.24, 2.45) is 0 Å². The molecular weight excluding hydrogens is 382 g/mol. The summed E-state index contributed by atoms with van der Waals surface area (Å²) in [6.45, 7) is 1.11. The number of nitrogens with zero attached hydrogens (tertiary/aromatic N) is 3. The number of quaternary nitrogens is 1. The minimum Gasteiger partial charge on any atom is -0.378 e. The van der Waals surface area contributed by atoms with Crippen LogP contribution >= 0.6 is 11.3 Å². The molecule has 0 atom stereocenters. The van der Waals surface area contributed by atoms with Crippen LogP contribution in [0.1, 0.15) is 10.4 Å². The van der Waals surface area contributed by atoms with Gasteiger partial charge in [0.2, 0.25) is 0 Å². The fourth-order valence-electron chi connectivity index (χ4n) is 2.74. The van der Waals surface area contributed by atoms with Crippen LogP contribution in [0.2, 0.25) is 0 Å². The number of hydrogen-bond donors (Lipinski definition) is 1. The summed E-state index contributed by atoms with van der Waals surface area (Å²) in [5, 5.41) is 0.363. The molecule has 0 fully saturated rings. The van der Waals surface area contributed by atoms with Crippen LogP contribution in [0.25, 0.3) is 10.2 Å². The van der Waals surface area contributed by atoms with Crippen LogP contribution in [0.15, 0.2) is 36.4 Å². The van der Waals surface area contributed by atoms with E-state index in [2.05, 4.69) is 4.98 Å². The summed E-state index contributed by atoms with van der Waals surface area (Å²) in [6.07, 6.45) is 0. The molecule has 0 radical (unpaired) electrons. The minimum atomic E-state index is -0.724. The zero-order valence-corrected chi connectivity index (χ0v) is 17.1. The largest absolute Gasteiger partial charge is 0.378 e. The SMILES string of the molecule is CN(C)c1ccc(C(=O)N(CC[NH+](C)C)c2nc3c(F)cc(F)cc3s2)cc1. The van der Waals surface area contributed by atoms with E-state index in [1.165, 1.54) is 11.0 Å². The number of nitrogens with one attached hydrogen (secondary N) is 1.